The van der Waals surface area contributed by atoms with Crippen LogP contribution in [0, 0.1) is 5.82 Å². The summed E-state index contributed by atoms with van der Waals surface area (Å²) in [6.45, 7) is 0.746. The summed E-state index contributed by atoms with van der Waals surface area (Å²) in [6.07, 6.45) is 0. The summed E-state index contributed by atoms with van der Waals surface area (Å²) in [7, 11) is 1.68. The number of hydrogen-bond acceptors (Lipinski definition) is 3. The molecule has 1 heterocycles. The number of para-hydroxylation sites is 1. The molecule has 17 heavy (non-hydrogen) atoms. The molecule has 1 atom stereocenters. The molecule has 5 heteroatoms. The first-order chi connectivity index (χ1) is 8.15. The molecule has 0 saturated carbocycles. The number of rotatable bonds is 2. The second kappa shape index (κ2) is 4.71. The van der Waals surface area contributed by atoms with Gasteiger partial charge in [0.25, 0.3) is 0 Å². The van der Waals surface area contributed by atoms with Crippen LogP contribution in [0.3, 0.4) is 0 Å². The minimum atomic E-state index is -0.689. The highest BCUT2D eigenvalue weighted by molar-refractivity contribution is 5.86. The lowest BCUT2D eigenvalue weighted by Gasteiger charge is -2.39. The van der Waals surface area contributed by atoms with Gasteiger partial charge in [-0.1, -0.05) is 12.1 Å². The van der Waals surface area contributed by atoms with Crippen LogP contribution in [-0.2, 0) is 4.79 Å². The number of aliphatic hydroxyl groups is 1. The largest absolute Gasteiger partial charge is 0.394 e. The van der Waals surface area contributed by atoms with Gasteiger partial charge in [0.2, 0.25) is 5.91 Å². The smallest absolute Gasteiger partial charge is 0.247 e. The van der Waals surface area contributed by atoms with Crippen LogP contribution in [0.25, 0.3) is 0 Å². The van der Waals surface area contributed by atoms with Gasteiger partial charge in [0.1, 0.15) is 11.9 Å². The van der Waals surface area contributed by atoms with Gasteiger partial charge in [0, 0.05) is 20.1 Å². The molecule has 0 radical (unpaired) electrons. The number of benzene rings is 1. The summed E-state index contributed by atoms with van der Waals surface area (Å²) in [5.41, 5.74) is 0.369. The highest BCUT2D eigenvalue weighted by Gasteiger charge is 2.33. The van der Waals surface area contributed by atoms with Crippen molar-refractivity contribution in [3.05, 3.63) is 30.1 Å². The molecule has 1 aliphatic heterocycles. The lowest BCUT2D eigenvalue weighted by atomic mass is 10.1. The number of nitrogens with zero attached hydrogens (tertiary/aromatic N) is 2. The number of carbonyl (C=O) groups is 1. The summed E-state index contributed by atoms with van der Waals surface area (Å²) >= 11 is 0. The topological polar surface area (TPSA) is 43.8 Å². The molecule has 1 amide bonds. The molecule has 1 aliphatic rings. The Morgan fingerprint density at radius 1 is 1.41 bits per heavy atom. The van der Waals surface area contributed by atoms with E-state index < -0.39 is 6.04 Å². The zero-order chi connectivity index (χ0) is 12.4. The van der Waals surface area contributed by atoms with Crippen LogP contribution in [0.1, 0.15) is 0 Å². The van der Waals surface area contributed by atoms with Crippen molar-refractivity contribution >= 4 is 11.6 Å². The maximum Gasteiger partial charge on any atom is 0.247 e. The predicted molar refractivity (Wildman–Crippen MR) is 62.3 cm³/mol. The number of piperazine rings is 1. The van der Waals surface area contributed by atoms with E-state index >= 15 is 0 Å². The maximum absolute atomic E-state index is 13.7. The van der Waals surface area contributed by atoms with Crippen molar-refractivity contribution in [2.24, 2.45) is 0 Å². The molecular formula is C12H15FN2O2. The first-order valence-corrected chi connectivity index (χ1v) is 5.52. The fourth-order valence-electron chi connectivity index (χ4n) is 2.06. The van der Waals surface area contributed by atoms with Crippen molar-refractivity contribution in [1.29, 1.82) is 0 Å². The van der Waals surface area contributed by atoms with E-state index in [0.29, 0.717) is 18.8 Å². The number of hydrogen-bond donors (Lipinski definition) is 1. The van der Waals surface area contributed by atoms with Crippen LogP contribution < -0.4 is 4.90 Å². The molecule has 2 rings (SSSR count). The fraction of sp³-hybridized carbons (Fsp3) is 0.417. The molecular weight excluding hydrogens is 223 g/mol. The van der Waals surface area contributed by atoms with Gasteiger partial charge in [0.15, 0.2) is 0 Å². The quantitative estimate of drug-likeness (QED) is 0.814. The van der Waals surface area contributed by atoms with Gasteiger partial charge >= 0.3 is 0 Å². The van der Waals surface area contributed by atoms with Crippen LogP contribution >= 0.6 is 0 Å². The Balaban J connectivity index is 2.32. The third-order valence-corrected chi connectivity index (χ3v) is 3.05. The summed E-state index contributed by atoms with van der Waals surface area (Å²) in [5.74, 6) is -0.551. The summed E-state index contributed by atoms with van der Waals surface area (Å²) in [4.78, 5) is 15.0. The predicted octanol–water partition coefficient (Wildman–Crippen LogP) is 0.465. The van der Waals surface area contributed by atoms with Gasteiger partial charge in [-0.3, -0.25) is 4.79 Å². The molecule has 1 fully saturated rings. The molecule has 4 nitrogen and oxygen atoms in total. The van der Waals surface area contributed by atoms with E-state index in [0.717, 1.165) is 0 Å². The van der Waals surface area contributed by atoms with Crippen LogP contribution in [0.5, 0.6) is 0 Å². The van der Waals surface area contributed by atoms with E-state index in [4.69, 9.17) is 0 Å². The molecule has 0 aromatic heterocycles. The van der Waals surface area contributed by atoms with E-state index in [1.807, 2.05) is 0 Å². The monoisotopic (exact) mass is 238 g/mol. The first-order valence-electron chi connectivity index (χ1n) is 5.52. The Hall–Kier alpha value is -1.62. The summed E-state index contributed by atoms with van der Waals surface area (Å²) < 4.78 is 13.7. The van der Waals surface area contributed by atoms with E-state index in [-0.39, 0.29) is 18.3 Å². The molecule has 0 aliphatic carbocycles. The van der Waals surface area contributed by atoms with Gasteiger partial charge < -0.3 is 14.9 Å². The molecule has 1 aromatic carbocycles. The lowest BCUT2D eigenvalue weighted by molar-refractivity contribution is -0.133. The van der Waals surface area contributed by atoms with Crippen molar-refractivity contribution in [3.8, 4) is 0 Å². The zero-order valence-electron chi connectivity index (χ0n) is 9.64. The Morgan fingerprint density at radius 3 is 2.76 bits per heavy atom. The summed E-state index contributed by atoms with van der Waals surface area (Å²) in [6, 6.07) is 5.61. The Kier molecular flexibility index (Phi) is 3.28. The van der Waals surface area contributed by atoms with Crippen LogP contribution in [-0.4, -0.2) is 48.7 Å². The molecule has 1 saturated heterocycles. The van der Waals surface area contributed by atoms with Gasteiger partial charge in [-0.2, -0.15) is 0 Å². The number of halogens is 1. The van der Waals surface area contributed by atoms with Gasteiger partial charge in [0.05, 0.1) is 12.3 Å². The number of amides is 1. The van der Waals surface area contributed by atoms with E-state index in [1.54, 1.807) is 35.0 Å². The average molecular weight is 238 g/mol. The number of aliphatic hydroxyl groups excluding tert-OH is 1. The van der Waals surface area contributed by atoms with Crippen LogP contribution in [0.4, 0.5) is 10.1 Å². The molecule has 0 bridgehead atoms. The Bertz CT molecular complexity index is 425. The number of anilines is 1. The fourth-order valence-corrected chi connectivity index (χ4v) is 2.06. The van der Waals surface area contributed by atoms with Gasteiger partial charge in [-0.25, -0.2) is 4.39 Å². The standard InChI is InChI=1S/C12H15FN2O2/c1-14-6-7-15(11(8-16)12(14)17)10-5-3-2-4-9(10)13/h2-5,11,16H,6-8H2,1H3. The first kappa shape index (κ1) is 11.9. The lowest BCUT2D eigenvalue weighted by Crippen LogP contribution is -2.57. The minimum Gasteiger partial charge on any atom is -0.394 e. The zero-order valence-corrected chi connectivity index (χ0v) is 9.64. The normalized spacial score (nSPS) is 20.9. The molecule has 1 unspecified atom stereocenters. The van der Waals surface area contributed by atoms with Crippen molar-refractivity contribution in [2.75, 3.05) is 31.6 Å². The van der Waals surface area contributed by atoms with E-state index in [2.05, 4.69) is 0 Å². The van der Waals surface area contributed by atoms with Crippen molar-refractivity contribution in [3.63, 3.8) is 0 Å². The van der Waals surface area contributed by atoms with Gasteiger partial charge in [-0.15, -0.1) is 0 Å². The van der Waals surface area contributed by atoms with Crippen molar-refractivity contribution in [1.82, 2.24) is 4.90 Å². The van der Waals surface area contributed by atoms with Gasteiger partial charge in [-0.05, 0) is 12.1 Å². The number of carbonyl (C=O) groups excluding carboxylic acids is 1. The average Bonchev–Trinajstić information content (AvgIpc) is 2.33. The number of likely N-dealkylation sites (N-methyl/N-ethyl adjacent to an activating group) is 1. The summed E-state index contributed by atoms with van der Waals surface area (Å²) in [5, 5.41) is 9.29. The molecule has 0 spiro atoms. The van der Waals surface area contributed by atoms with E-state index in [9.17, 15) is 14.3 Å². The second-order valence-electron chi connectivity index (χ2n) is 4.10. The van der Waals surface area contributed by atoms with Crippen molar-refractivity contribution < 1.29 is 14.3 Å². The Labute approximate surface area is 99.3 Å². The Morgan fingerprint density at radius 2 is 2.12 bits per heavy atom. The molecule has 1 N–H and O–H groups in total. The maximum atomic E-state index is 13.7. The second-order valence-corrected chi connectivity index (χ2v) is 4.10. The SMILES string of the molecule is CN1CCN(c2ccccc2F)C(CO)C1=O. The highest BCUT2D eigenvalue weighted by Crippen LogP contribution is 2.23. The molecule has 92 valence electrons. The van der Waals surface area contributed by atoms with E-state index in [1.165, 1.54) is 6.07 Å². The third kappa shape index (κ3) is 2.10. The highest BCUT2D eigenvalue weighted by atomic mass is 19.1. The molecule has 1 aromatic rings. The minimum absolute atomic E-state index is 0.179. The van der Waals surface area contributed by atoms with Crippen LogP contribution in [0.15, 0.2) is 24.3 Å². The van der Waals surface area contributed by atoms with Crippen LogP contribution in [0.2, 0.25) is 0 Å². The third-order valence-electron chi connectivity index (χ3n) is 3.05. The van der Waals surface area contributed by atoms with Crippen molar-refractivity contribution in [2.45, 2.75) is 6.04 Å².